The molecule has 10 nitrogen and oxygen atoms in total. The zero-order valence-corrected chi connectivity index (χ0v) is 19.2. The number of rotatable bonds is 4. The van der Waals surface area contributed by atoms with Crippen LogP contribution in [0.3, 0.4) is 0 Å². The van der Waals surface area contributed by atoms with Gasteiger partial charge in [0.25, 0.3) is 5.56 Å². The van der Waals surface area contributed by atoms with E-state index in [1.165, 1.54) is 12.1 Å². The largest absolute Gasteiger partial charge is 0.494 e. The van der Waals surface area contributed by atoms with Gasteiger partial charge in [-0.15, -0.1) is 0 Å². The maximum Gasteiger partial charge on any atom is 0.355 e. The third kappa shape index (κ3) is 3.03. The van der Waals surface area contributed by atoms with Crippen molar-refractivity contribution in [3.63, 3.8) is 0 Å². The molecule has 0 aliphatic carbocycles. The lowest BCUT2D eigenvalue weighted by Gasteiger charge is -2.35. The SMILES string of the molecule is CC[C@@]1(OC(=O)Cn2c(O)ccc2O)C(=O)OCc2c1cc1n(c2=O)Cc2cc3ccccc3nc2-1. The van der Waals surface area contributed by atoms with Gasteiger partial charge in [0, 0.05) is 28.6 Å². The molecule has 2 aliphatic rings. The summed E-state index contributed by atoms with van der Waals surface area (Å²) >= 11 is 0. The molecule has 182 valence electrons. The van der Waals surface area contributed by atoms with Crippen LogP contribution in [0.2, 0.25) is 0 Å². The Morgan fingerprint density at radius 3 is 2.64 bits per heavy atom. The van der Waals surface area contributed by atoms with Crippen LogP contribution in [0.1, 0.15) is 30.0 Å². The second-order valence-electron chi connectivity index (χ2n) is 8.87. The monoisotopic (exact) mass is 487 g/mol. The first kappa shape index (κ1) is 21.9. The Bertz CT molecular complexity index is 1630. The van der Waals surface area contributed by atoms with E-state index in [4.69, 9.17) is 14.5 Å². The zero-order valence-electron chi connectivity index (χ0n) is 19.2. The Morgan fingerprint density at radius 1 is 1.14 bits per heavy atom. The fraction of sp³-hybridized carbons (Fsp3) is 0.231. The second-order valence-corrected chi connectivity index (χ2v) is 8.87. The maximum absolute atomic E-state index is 13.5. The number of carbonyl (C=O) groups excluding carboxylic acids is 2. The molecule has 10 heteroatoms. The highest BCUT2D eigenvalue weighted by Crippen LogP contribution is 2.41. The number of esters is 2. The van der Waals surface area contributed by atoms with E-state index >= 15 is 0 Å². The number of carbonyl (C=O) groups is 2. The number of ether oxygens (including phenoxy) is 2. The van der Waals surface area contributed by atoms with Gasteiger partial charge in [-0.1, -0.05) is 25.1 Å². The van der Waals surface area contributed by atoms with Crippen molar-refractivity contribution < 1.29 is 29.3 Å². The van der Waals surface area contributed by atoms with Gasteiger partial charge in [-0.25, -0.2) is 9.78 Å². The fourth-order valence-corrected chi connectivity index (χ4v) is 5.05. The Labute approximate surface area is 204 Å². The van der Waals surface area contributed by atoms with E-state index in [0.29, 0.717) is 17.9 Å². The summed E-state index contributed by atoms with van der Waals surface area (Å²) in [5, 5.41) is 20.7. The lowest BCUT2D eigenvalue weighted by molar-refractivity contribution is -0.190. The maximum atomic E-state index is 13.5. The molecular weight excluding hydrogens is 466 g/mol. The van der Waals surface area contributed by atoms with Crippen LogP contribution in [-0.4, -0.2) is 36.3 Å². The third-order valence-electron chi connectivity index (χ3n) is 6.89. The van der Waals surface area contributed by atoms with E-state index in [-0.39, 0.29) is 41.5 Å². The van der Waals surface area contributed by atoms with Gasteiger partial charge >= 0.3 is 11.9 Å². The highest BCUT2D eigenvalue weighted by molar-refractivity contribution is 5.88. The predicted molar refractivity (Wildman–Crippen MR) is 126 cm³/mol. The van der Waals surface area contributed by atoms with Crippen molar-refractivity contribution in [3.8, 4) is 23.1 Å². The van der Waals surface area contributed by atoms with E-state index in [1.54, 1.807) is 17.6 Å². The molecule has 3 aromatic heterocycles. The Morgan fingerprint density at radius 2 is 1.89 bits per heavy atom. The van der Waals surface area contributed by atoms with E-state index in [1.807, 2.05) is 30.3 Å². The van der Waals surface area contributed by atoms with E-state index in [2.05, 4.69) is 0 Å². The molecule has 4 aromatic rings. The Hall–Kier alpha value is -4.60. The van der Waals surface area contributed by atoms with Crippen LogP contribution in [0.5, 0.6) is 11.8 Å². The minimum absolute atomic E-state index is 0.00904. The first-order valence-corrected chi connectivity index (χ1v) is 11.4. The van der Waals surface area contributed by atoms with Crippen molar-refractivity contribution in [2.45, 2.75) is 38.6 Å². The minimum Gasteiger partial charge on any atom is -0.494 e. The van der Waals surface area contributed by atoms with Gasteiger partial charge in [0.1, 0.15) is 13.2 Å². The molecule has 0 fully saturated rings. The molecule has 0 radical (unpaired) electrons. The first-order chi connectivity index (χ1) is 17.3. The number of pyridine rings is 2. The standard InChI is InChI=1S/C26H21N3O7/c1-2-26(36-22(32)12-29-20(30)7-8-21(29)31)17-10-19-23-15(9-14-5-3-4-6-18(14)27-23)11-28(19)24(33)16(17)13-35-25(26)34/h3-10,30-31H,2,11-13H2,1H3/t26-/m0/s1. The van der Waals surface area contributed by atoms with Crippen LogP contribution >= 0.6 is 0 Å². The molecule has 0 bridgehead atoms. The molecule has 6 rings (SSSR count). The predicted octanol–water partition coefficient (Wildman–Crippen LogP) is 2.54. The van der Waals surface area contributed by atoms with Crippen molar-refractivity contribution in [2.75, 3.05) is 0 Å². The first-order valence-electron chi connectivity index (χ1n) is 11.4. The molecule has 0 saturated carbocycles. The minimum atomic E-state index is -1.86. The van der Waals surface area contributed by atoms with Crippen molar-refractivity contribution >= 4 is 22.8 Å². The summed E-state index contributed by atoms with van der Waals surface area (Å²) in [4.78, 5) is 44.3. The number of hydrogen-bond acceptors (Lipinski definition) is 8. The number of aromatic hydroxyl groups is 2. The molecule has 36 heavy (non-hydrogen) atoms. The average Bonchev–Trinajstić information content (AvgIpc) is 3.39. The summed E-state index contributed by atoms with van der Waals surface area (Å²) in [7, 11) is 0. The van der Waals surface area contributed by atoms with E-state index in [0.717, 1.165) is 21.0 Å². The third-order valence-corrected chi connectivity index (χ3v) is 6.89. The molecule has 0 saturated heterocycles. The van der Waals surface area contributed by atoms with Gasteiger partial charge in [0.05, 0.1) is 29.0 Å². The van der Waals surface area contributed by atoms with Crippen LogP contribution in [0.25, 0.3) is 22.3 Å². The normalized spacial score (nSPS) is 17.9. The van der Waals surface area contributed by atoms with Crippen LogP contribution in [0, 0.1) is 0 Å². The quantitative estimate of drug-likeness (QED) is 0.370. The zero-order chi connectivity index (χ0) is 25.2. The molecule has 1 atom stereocenters. The number of hydrogen-bond donors (Lipinski definition) is 2. The van der Waals surface area contributed by atoms with Crippen LogP contribution in [0.15, 0.2) is 53.3 Å². The fourth-order valence-electron chi connectivity index (χ4n) is 5.05. The number of para-hydroxylation sites is 1. The molecule has 0 spiro atoms. The van der Waals surface area contributed by atoms with Gasteiger partial charge in [-0.05, 0) is 24.6 Å². The molecule has 1 aromatic carbocycles. The number of benzene rings is 1. The van der Waals surface area contributed by atoms with Crippen molar-refractivity contribution in [3.05, 3.63) is 75.6 Å². The summed E-state index contributed by atoms with van der Waals surface area (Å²) in [5.74, 6) is -2.37. The van der Waals surface area contributed by atoms with Crippen LogP contribution < -0.4 is 5.56 Å². The van der Waals surface area contributed by atoms with Crippen molar-refractivity contribution in [2.24, 2.45) is 0 Å². The average molecular weight is 487 g/mol. The van der Waals surface area contributed by atoms with E-state index in [9.17, 15) is 24.6 Å². The van der Waals surface area contributed by atoms with Crippen molar-refractivity contribution in [1.82, 2.24) is 14.1 Å². The Balaban J connectivity index is 1.47. The highest BCUT2D eigenvalue weighted by Gasteiger charge is 2.50. The lowest BCUT2D eigenvalue weighted by atomic mass is 9.85. The summed E-state index contributed by atoms with van der Waals surface area (Å²) in [6, 6.07) is 13.8. The topological polar surface area (TPSA) is 133 Å². The lowest BCUT2D eigenvalue weighted by Crippen LogP contribution is -2.47. The summed E-state index contributed by atoms with van der Waals surface area (Å²) < 4.78 is 13.5. The highest BCUT2D eigenvalue weighted by atomic mass is 16.6. The Kier molecular flexibility index (Phi) is 4.69. The molecule has 2 aliphatic heterocycles. The molecular formula is C26H21N3O7. The molecule has 0 amide bonds. The number of fused-ring (bicyclic) bond motifs is 5. The summed E-state index contributed by atoms with van der Waals surface area (Å²) in [6.07, 6.45) is 0.00904. The number of nitrogens with zero attached hydrogens (tertiary/aromatic N) is 3. The summed E-state index contributed by atoms with van der Waals surface area (Å²) in [5.41, 5.74) is 1.09. The molecule has 2 N–H and O–H groups in total. The van der Waals surface area contributed by atoms with Crippen LogP contribution in [-0.2, 0) is 44.4 Å². The number of aromatic nitrogens is 3. The van der Waals surface area contributed by atoms with Gasteiger partial charge in [0.2, 0.25) is 5.60 Å². The van der Waals surface area contributed by atoms with Crippen LogP contribution in [0.4, 0.5) is 0 Å². The van der Waals surface area contributed by atoms with Gasteiger partial charge < -0.3 is 24.3 Å². The van der Waals surface area contributed by atoms with Gasteiger partial charge in [0.15, 0.2) is 11.8 Å². The second kappa shape index (κ2) is 7.70. The van der Waals surface area contributed by atoms with E-state index < -0.39 is 24.1 Å². The van der Waals surface area contributed by atoms with Gasteiger partial charge in [-0.3, -0.25) is 14.2 Å². The smallest absolute Gasteiger partial charge is 0.355 e. The van der Waals surface area contributed by atoms with Gasteiger partial charge in [-0.2, -0.15) is 0 Å². The molecule has 0 unspecified atom stereocenters. The number of cyclic esters (lactones) is 1. The van der Waals surface area contributed by atoms with Crippen molar-refractivity contribution in [1.29, 1.82) is 0 Å². The molecule has 5 heterocycles. The summed E-state index contributed by atoms with van der Waals surface area (Å²) in [6.45, 7) is 1.19.